The highest BCUT2D eigenvalue weighted by Crippen LogP contribution is 2.41. The molecule has 2 aromatic rings. The van der Waals surface area contributed by atoms with Gasteiger partial charge < -0.3 is 20.1 Å². The van der Waals surface area contributed by atoms with E-state index < -0.39 is 6.10 Å². The van der Waals surface area contributed by atoms with Crippen LogP contribution in [0.1, 0.15) is 34.9 Å². The predicted octanol–water partition coefficient (Wildman–Crippen LogP) is 2.79. The van der Waals surface area contributed by atoms with Crippen LogP contribution in [0.3, 0.4) is 0 Å². The molecule has 3 N–H and O–H groups in total. The summed E-state index contributed by atoms with van der Waals surface area (Å²) >= 11 is 0. The molecule has 0 saturated carbocycles. The Kier molecular flexibility index (Phi) is 4.32. The Morgan fingerprint density at radius 1 is 1.04 bits per heavy atom. The van der Waals surface area contributed by atoms with Gasteiger partial charge in [0.2, 0.25) is 0 Å². The van der Waals surface area contributed by atoms with Crippen LogP contribution in [0.2, 0.25) is 0 Å². The number of phenolic OH excluding ortho intramolecular Hbond substituents is 2. The maximum absolute atomic E-state index is 10.7. The summed E-state index contributed by atoms with van der Waals surface area (Å²) in [7, 11) is 0. The van der Waals surface area contributed by atoms with Crippen LogP contribution in [-0.4, -0.2) is 34.3 Å². The summed E-state index contributed by atoms with van der Waals surface area (Å²) in [5.41, 5.74) is 2.15. The Labute approximate surface area is 133 Å². The van der Waals surface area contributed by atoms with Gasteiger partial charge in [-0.2, -0.15) is 0 Å². The van der Waals surface area contributed by atoms with Crippen molar-refractivity contribution in [2.24, 2.45) is 0 Å². The molecule has 1 saturated heterocycles. The van der Waals surface area contributed by atoms with Gasteiger partial charge in [0.15, 0.2) is 0 Å². The first-order valence-electron chi connectivity index (χ1n) is 7.49. The summed E-state index contributed by atoms with van der Waals surface area (Å²) in [4.78, 5) is 10.7. The number of aliphatic hydroxyl groups excluding tert-OH is 1. The number of carbonyl (C=O) groups excluding carboxylic acids is 1. The lowest BCUT2D eigenvalue weighted by atomic mass is 9.95. The van der Waals surface area contributed by atoms with Crippen molar-refractivity contribution in [3.8, 4) is 22.6 Å². The summed E-state index contributed by atoms with van der Waals surface area (Å²) in [6, 6.07) is 9.74. The molecule has 0 bridgehead atoms. The molecule has 0 spiro atoms. The molecular formula is C18H18O5. The lowest BCUT2D eigenvalue weighted by Gasteiger charge is -2.27. The minimum atomic E-state index is -0.455. The summed E-state index contributed by atoms with van der Waals surface area (Å²) in [6.45, 7) is 0.251. The first-order chi connectivity index (χ1) is 11.1. The average Bonchev–Trinajstić information content (AvgIpc) is 2.55. The minimum Gasteiger partial charge on any atom is -0.507 e. The molecule has 2 aromatic carbocycles. The highest BCUT2D eigenvalue weighted by Gasteiger charge is 2.23. The van der Waals surface area contributed by atoms with Crippen LogP contribution in [0.25, 0.3) is 11.1 Å². The number of rotatable bonds is 3. The van der Waals surface area contributed by atoms with Crippen molar-refractivity contribution in [3.63, 3.8) is 0 Å². The van der Waals surface area contributed by atoms with Gasteiger partial charge in [0, 0.05) is 5.56 Å². The Hall–Kier alpha value is -2.37. The van der Waals surface area contributed by atoms with E-state index in [0.29, 0.717) is 35.1 Å². The Bertz CT molecular complexity index is 677. The number of aliphatic hydroxyl groups is 1. The van der Waals surface area contributed by atoms with Crippen LogP contribution in [0.5, 0.6) is 11.5 Å². The number of hydrogen-bond acceptors (Lipinski definition) is 5. The molecule has 1 fully saturated rings. The highest BCUT2D eigenvalue weighted by molar-refractivity contribution is 5.80. The van der Waals surface area contributed by atoms with E-state index in [1.165, 1.54) is 0 Å². The van der Waals surface area contributed by atoms with Crippen molar-refractivity contribution < 1.29 is 24.9 Å². The predicted molar refractivity (Wildman–Crippen MR) is 84.5 cm³/mol. The van der Waals surface area contributed by atoms with E-state index in [1.54, 1.807) is 36.4 Å². The monoisotopic (exact) mass is 314 g/mol. The van der Waals surface area contributed by atoms with Crippen LogP contribution in [0.4, 0.5) is 0 Å². The third-order valence-corrected chi connectivity index (χ3v) is 4.08. The van der Waals surface area contributed by atoms with Crippen LogP contribution in [-0.2, 0) is 4.74 Å². The van der Waals surface area contributed by atoms with E-state index in [2.05, 4.69) is 0 Å². The molecule has 0 aromatic heterocycles. The SMILES string of the molecule is O=Cc1ccc(-c2c(O)cc(C3CCC(O)CO3)cc2O)cc1. The standard InChI is InChI=1S/C18H18O5/c19-9-11-1-3-12(4-2-11)18-15(21)7-13(8-16(18)22)17-6-5-14(20)10-23-17/h1-4,7-9,14,17,20-22H,5-6,10H2. The van der Waals surface area contributed by atoms with E-state index in [9.17, 15) is 20.1 Å². The molecule has 120 valence electrons. The molecule has 0 aliphatic carbocycles. The van der Waals surface area contributed by atoms with Crippen molar-refractivity contribution in [2.75, 3.05) is 6.61 Å². The van der Waals surface area contributed by atoms with Crippen molar-refractivity contribution in [1.29, 1.82) is 0 Å². The highest BCUT2D eigenvalue weighted by atomic mass is 16.5. The molecule has 1 aliphatic rings. The lowest BCUT2D eigenvalue weighted by molar-refractivity contribution is -0.0569. The largest absolute Gasteiger partial charge is 0.507 e. The summed E-state index contributed by atoms with van der Waals surface area (Å²) < 4.78 is 5.55. The number of ether oxygens (including phenoxy) is 1. The lowest BCUT2D eigenvalue weighted by Crippen LogP contribution is -2.24. The second-order valence-corrected chi connectivity index (χ2v) is 5.73. The number of benzene rings is 2. The second-order valence-electron chi connectivity index (χ2n) is 5.73. The number of aldehydes is 1. The molecular weight excluding hydrogens is 296 g/mol. The van der Waals surface area contributed by atoms with Crippen LogP contribution in [0.15, 0.2) is 36.4 Å². The summed E-state index contributed by atoms with van der Waals surface area (Å²) in [5.74, 6) is -0.0952. The van der Waals surface area contributed by atoms with E-state index in [0.717, 1.165) is 6.29 Å². The molecule has 0 radical (unpaired) electrons. The maximum atomic E-state index is 10.7. The topological polar surface area (TPSA) is 87.0 Å². The number of aromatic hydroxyl groups is 2. The normalized spacial score (nSPS) is 21.1. The molecule has 3 rings (SSSR count). The molecule has 23 heavy (non-hydrogen) atoms. The molecule has 2 unspecified atom stereocenters. The van der Waals surface area contributed by atoms with Crippen molar-refractivity contribution in [2.45, 2.75) is 25.0 Å². The van der Waals surface area contributed by atoms with Crippen molar-refractivity contribution in [1.82, 2.24) is 0 Å². The maximum Gasteiger partial charge on any atom is 0.150 e. The summed E-state index contributed by atoms with van der Waals surface area (Å²) in [5, 5.41) is 30.1. The second kappa shape index (κ2) is 6.40. The van der Waals surface area contributed by atoms with E-state index in [4.69, 9.17) is 4.74 Å². The Morgan fingerprint density at radius 3 is 2.22 bits per heavy atom. The van der Waals surface area contributed by atoms with Gasteiger partial charge in [0.05, 0.1) is 24.4 Å². The zero-order valence-electron chi connectivity index (χ0n) is 12.5. The van der Waals surface area contributed by atoms with Crippen molar-refractivity contribution >= 4 is 6.29 Å². The van der Waals surface area contributed by atoms with Crippen LogP contribution >= 0.6 is 0 Å². The first-order valence-corrected chi connectivity index (χ1v) is 7.49. The molecule has 5 heteroatoms. The van der Waals surface area contributed by atoms with Crippen LogP contribution in [0, 0.1) is 0 Å². The van der Waals surface area contributed by atoms with Gasteiger partial charge >= 0.3 is 0 Å². The molecule has 1 heterocycles. The minimum absolute atomic E-state index is 0.0476. The number of phenols is 2. The quantitative estimate of drug-likeness (QED) is 0.758. The summed E-state index contributed by atoms with van der Waals surface area (Å²) in [6.07, 6.45) is 1.29. The number of hydrogen-bond donors (Lipinski definition) is 3. The first kappa shape index (κ1) is 15.5. The van der Waals surface area contributed by atoms with E-state index in [1.807, 2.05) is 0 Å². The fraction of sp³-hybridized carbons (Fsp3) is 0.278. The molecule has 1 aliphatic heterocycles. The third kappa shape index (κ3) is 3.21. The Balaban J connectivity index is 1.92. The van der Waals surface area contributed by atoms with Gasteiger partial charge in [0.1, 0.15) is 17.8 Å². The van der Waals surface area contributed by atoms with Gasteiger partial charge in [-0.1, -0.05) is 24.3 Å². The fourth-order valence-corrected chi connectivity index (χ4v) is 2.84. The van der Waals surface area contributed by atoms with Gasteiger partial charge in [-0.25, -0.2) is 0 Å². The molecule has 0 amide bonds. The zero-order chi connectivity index (χ0) is 16.4. The van der Waals surface area contributed by atoms with E-state index >= 15 is 0 Å². The van der Waals surface area contributed by atoms with Gasteiger partial charge in [-0.3, -0.25) is 4.79 Å². The smallest absolute Gasteiger partial charge is 0.150 e. The zero-order valence-corrected chi connectivity index (χ0v) is 12.5. The van der Waals surface area contributed by atoms with Crippen LogP contribution < -0.4 is 0 Å². The number of carbonyl (C=O) groups is 1. The van der Waals surface area contributed by atoms with E-state index in [-0.39, 0.29) is 24.2 Å². The van der Waals surface area contributed by atoms with Crippen molar-refractivity contribution in [3.05, 3.63) is 47.5 Å². The van der Waals surface area contributed by atoms with Gasteiger partial charge in [0.25, 0.3) is 0 Å². The Morgan fingerprint density at radius 2 is 1.70 bits per heavy atom. The molecule has 5 nitrogen and oxygen atoms in total. The average molecular weight is 314 g/mol. The fourth-order valence-electron chi connectivity index (χ4n) is 2.84. The third-order valence-electron chi connectivity index (χ3n) is 4.08. The van der Waals surface area contributed by atoms with Gasteiger partial charge in [-0.05, 0) is 36.1 Å². The molecule has 2 atom stereocenters. The van der Waals surface area contributed by atoms with Gasteiger partial charge in [-0.15, -0.1) is 0 Å².